The number of aryl methyl sites for hydroxylation is 1. The van der Waals surface area contributed by atoms with Crippen molar-refractivity contribution in [1.82, 2.24) is 14.7 Å². The van der Waals surface area contributed by atoms with E-state index >= 15 is 0 Å². The molecule has 2 fully saturated rings. The standard InChI is InChI=1S/C20H25FN4O3S/c1-14-19(15(2)25(22-14)18-7-12-29(27,28)13-18)23-8-10-24(11-9-23)20(26)16-3-5-17(21)6-4-16/h3-6,18H,7-13H2,1-2H3. The average Bonchev–Trinajstić information content (AvgIpc) is 3.20. The number of carbonyl (C=O) groups is 1. The van der Waals surface area contributed by atoms with Gasteiger partial charge in [-0.3, -0.25) is 9.48 Å². The van der Waals surface area contributed by atoms with Gasteiger partial charge in [-0.2, -0.15) is 5.10 Å². The van der Waals surface area contributed by atoms with Gasteiger partial charge < -0.3 is 9.80 Å². The number of hydrogen-bond donors (Lipinski definition) is 0. The van der Waals surface area contributed by atoms with Crippen LogP contribution in [-0.2, 0) is 9.84 Å². The molecule has 0 N–H and O–H groups in total. The zero-order valence-corrected chi connectivity index (χ0v) is 17.5. The number of piperazine rings is 1. The molecule has 2 aliphatic heterocycles. The molecule has 1 aromatic heterocycles. The number of aromatic nitrogens is 2. The van der Waals surface area contributed by atoms with Gasteiger partial charge in [0.25, 0.3) is 5.91 Å². The van der Waals surface area contributed by atoms with Crippen LogP contribution in [0.3, 0.4) is 0 Å². The van der Waals surface area contributed by atoms with Crippen molar-refractivity contribution in [3.63, 3.8) is 0 Å². The van der Waals surface area contributed by atoms with Gasteiger partial charge in [0, 0.05) is 31.7 Å². The number of hydrogen-bond acceptors (Lipinski definition) is 5. The Morgan fingerprint density at radius 3 is 2.34 bits per heavy atom. The molecule has 0 saturated carbocycles. The molecule has 0 radical (unpaired) electrons. The molecule has 0 spiro atoms. The fourth-order valence-electron chi connectivity index (χ4n) is 4.34. The van der Waals surface area contributed by atoms with Crippen LogP contribution in [0.15, 0.2) is 24.3 Å². The molecule has 4 rings (SSSR count). The van der Waals surface area contributed by atoms with Crippen molar-refractivity contribution in [1.29, 1.82) is 0 Å². The predicted molar refractivity (Wildman–Crippen MR) is 109 cm³/mol. The maximum Gasteiger partial charge on any atom is 0.253 e. The minimum absolute atomic E-state index is 0.0926. The third-order valence-electron chi connectivity index (χ3n) is 5.82. The fourth-order valence-corrected chi connectivity index (χ4v) is 6.04. The lowest BCUT2D eigenvalue weighted by atomic mass is 10.1. The van der Waals surface area contributed by atoms with Crippen LogP contribution in [0.5, 0.6) is 0 Å². The number of amides is 1. The number of halogens is 1. The van der Waals surface area contributed by atoms with Crippen LogP contribution >= 0.6 is 0 Å². The van der Waals surface area contributed by atoms with E-state index in [-0.39, 0.29) is 29.3 Å². The van der Waals surface area contributed by atoms with E-state index in [0.29, 0.717) is 38.2 Å². The highest BCUT2D eigenvalue weighted by Crippen LogP contribution is 2.31. The second-order valence-electron chi connectivity index (χ2n) is 7.81. The number of anilines is 1. The molecular weight excluding hydrogens is 395 g/mol. The summed E-state index contributed by atoms with van der Waals surface area (Å²) in [5.41, 5.74) is 3.37. The molecule has 3 heterocycles. The Morgan fingerprint density at radius 1 is 1.10 bits per heavy atom. The Kier molecular flexibility index (Phi) is 5.10. The Morgan fingerprint density at radius 2 is 1.76 bits per heavy atom. The van der Waals surface area contributed by atoms with Crippen LogP contribution in [0.2, 0.25) is 0 Å². The molecule has 156 valence electrons. The molecule has 0 bridgehead atoms. The van der Waals surface area contributed by atoms with Crippen LogP contribution < -0.4 is 4.90 Å². The fraction of sp³-hybridized carbons (Fsp3) is 0.500. The Bertz CT molecular complexity index is 1020. The van der Waals surface area contributed by atoms with Gasteiger partial charge in [0.2, 0.25) is 0 Å². The van der Waals surface area contributed by atoms with E-state index in [1.807, 2.05) is 18.5 Å². The summed E-state index contributed by atoms with van der Waals surface area (Å²) in [5, 5.41) is 4.64. The summed E-state index contributed by atoms with van der Waals surface area (Å²) >= 11 is 0. The normalized spacial score (nSPS) is 21.6. The van der Waals surface area contributed by atoms with E-state index in [1.165, 1.54) is 24.3 Å². The van der Waals surface area contributed by atoms with E-state index in [9.17, 15) is 17.6 Å². The van der Waals surface area contributed by atoms with E-state index < -0.39 is 9.84 Å². The third-order valence-corrected chi connectivity index (χ3v) is 7.57. The summed E-state index contributed by atoms with van der Waals surface area (Å²) in [7, 11) is -2.98. The van der Waals surface area contributed by atoms with Crippen LogP contribution in [0.25, 0.3) is 0 Å². The molecule has 1 unspecified atom stereocenters. The molecule has 1 aromatic carbocycles. The summed E-state index contributed by atoms with van der Waals surface area (Å²) in [6.07, 6.45) is 0.601. The molecule has 1 atom stereocenters. The minimum Gasteiger partial charge on any atom is -0.365 e. The van der Waals surface area contributed by atoms with Crippen molar-refractivity contribution in [3.05, 3.63) is 47.0 Å². The van der Waals surface area contributed by atoms with Crippen molar-refractivity contribution in [2.24, 2.45) is 0 Å². The summed E-state index contributed by atoms with van der Waals surface area (Å²) in [6.45, 7) is 6.40. The van der Waals surface area contributed by atoms with Crippen molar-refractivity contribution < 1.29 is 17.6 Å². The number of sulfone groups is 1. The van der Waals surface area contributed by atoms with Crippen LogP contribution in [-0.4, -0.2) is 66.7 Å². The van der Waals surface area contributed by atoms with Crippen molar-refractivity contribution in [2.75, 3.05) is 42.6 Å². The van der Waals surface area contributed by atoms with Crippen LogP contribution in [0.4, 0.5) is 10.1 Å². The molecule has 0 aliphatic carbocycles. The summed E-state index contributed by atoms with van der Waals surface area (Å²) in [4.78, 5) is 16.6. The second-order valence-corrected chi connectivity index (χ2v) is 10.0. The number of nitrogens with zero attached hydrogens (tertiary/aromatic N) is 4. The van der Waals surface area contributed by atoms with Gasteiger partial charge >= 0.3 is 0 Å². The maximum absolute atomic E-state index is 13.1. The van der Waals surface area contributed by atoms with Gasteiger partial charge in [-0.15, -0.1) is 0 Å². The molecule has 1 amide bonds. The highest BCUT2D eigenvalue weighted by atomic mass is 32.2. The lowest BCUT2D eigenvalue weighted by Crippen LogP contribution is -2.49. The van der Waals surface area contributed by atoms with Crippen molar-refractivity contribution in [2.45, 2.75) is 26.3 Å². The molecule has 29 heavy (non-hydrogen) atoms. The smallest absolute Gasteiger partial charge is 0.253 e. The highest BCUT2D eigenvalue weighted by molar-refractivity contribution is 7.91. The highest BCUT2D eigenvalue weighted by Gasteiger charge is 2.33. The quantitative estimate of drug-likeness (QED) is 0.759. The first-order chi connectivity index (χ1) is 13.7. The van der Waals surface area contributed by atoms with Crippen LogP contribution in [0.1, 0.15) is 34.2 Å². The first-order valence-corrected chi connectivity index (χ1v) is 11.6. The van der Waals surface area contributed by atoms with Crippen LogP contribution in [0, 0.1) is 19.7 Å². The van der Waals surface area contributed by atoms with Gasteiger partial charge in [-0.05, 0) is 44.5 Å². The third kappa shape index (κ3) is 3.88. The molecule has 7 nitrogen and oxygen atoms in total. The molecule has 2 aromatic rings. The Balaban J connectivity index is 1.46. The SMILES string of the molecule is Cc1nn(C2CCS(=O)(=O)C2)c(C)c1N1CCN(C(=O)c2ccc(F)cc2)CC1. The molecular formula is C20H25FN4O3S. The van der Waals surface area contributed by atoms with E-state index in [4.69, 9.17) is 0 Å². The topological polar surface area (TPSA) is 75.5 Å². The second kappa shape index (κ2) is 7.44. The minimum atomic E-state index is -2.98. The van der Waals surface area contributed by atoms with E-state index in [1.54, 1.807) is 4.90 Å². The number of benzene rings is 1. The van der Waals surface area contributed by atoms with Crippen molar-refractivity contribution >= 4 is 21.4 Å². The van der Waals surface area contributed by atoms with Gasteiger partial charge in [0.05, 0.1) is 34.6 Å². The first-order valence-electron chi connectivity index (χ1n) is 9.81. The lowest BCUT2D eigenvalue weighted by Gasteiger charge is -2.36. The summed E-state index contributed by atoms with van der Waals surface area (Å²) < 4.78 is 38.6. The largest absolute Gasteiger partial charge is 0.365 e. The summed E-state index contributed by atoms with van der Waals surface area (Å²) in [6, 6.07) is 5.52. The molecule has 2 saturated heterocycles. The van der Waals surface area contributed by atoms with Crippen molar-refractivity contribution in [3.8, 4) is 0 Å². The zero-order chi connectivity index (χ0) is 20.8. The molecule has 9 heteroatoms. The van der Waals surface area contributed by atoms with E-state index in [2.05, 4.69) is 10.00 Å². The monoisotopic (exact) mass is 420 g/mol. The van der Waals surface area contributed by atoms with Gasteiger partial charge in [-0.25, -0.2) is 12.8 Å². The molecule has 2 aliphatic rings. The van der Waals surface area contributed by atoms with Gasteiger partial charge in [0.1, 0.15) is 5.82 Å². The Hall–Kier alpha value is -2.42. The summed E-state index contributed by atoms with van der Waals surface area (Å²) in [5.74, 6) is -0.0847. The van der Waals surface area contributed by atoms with E-state index in [0.717, 1.165) is 17.1 Å². The van der Waals surface area contributed by atoms with Gasteiger partial charge in [0.15, 0.2) is 9.84 Å². The zero-order valence-electron chi connectivity index (χ0n) is 16.6. The predicted octanol–water partition coefficient (Wildman–Crippen LogP) is 1.96. The first kappa shape index (κ1) is 19.9. The lowest BCUT2D eigenvalue weighted by molar-refractivity contribution is 0.0746. The van der Waals surface area contributed by atoms with Gasteiger partial charge in [-0.1, -0.05) is 0 Å². The number of carbonyl (C=O) groups excluding carboxylic acids is 1. The Labute approximate surface area is 170 Å². The average molecular weight is 421 g/mol. The maximum atomic E-state index is 13.1. The number of rotatable bonds is 3.